The van der Waals surface area contributed by atoms with Gasteiger partial charge in [0, 0.05) is 17.5 Å². The molecule has 0 aliphatic carbocycles. The van der Waals surface area contributed by atoms with Crippen LogP contribution in [0.5, 0.6) is 0 Å². The van der Waals surface area contributed by atoms with E-state index in [0.717, 1.165) is 28.7 Å². The number of aromatic nitrogens is 1. The molecule has 1 N–H and O–H groups in total. The van der Waals surface area contributed by atoms with Crippen LogP contribution in [0.2, 0.25) is 5.02 Å². The Balaban J connectivity index is 1.99. The molecule has 0 aliphatic rings. The van der Waals surface area contributed by atoms with E-state index in [1.165, 1.54) is 5.56 Å². The van der Waals surface area contributed by atoms with Crippen LogP contribution in [0.15, 0.2) is 29.6 Å². The van der Waals surface area contributed by atoms with Crippen LogP contribution in [0.1, 0.15) is 11.3 Å². The molecule has 0 aliphatic heterocycles. The maximum atomic E-state index is 6.09. The van der Waals surface area contributed by atoms with E-state index in [-0.39, 0.29) is 0 Å². The fourth-order valence-corrected chi connectivity index (χ4v) is 2.44. The monoisotopic (exact) mass is 252 g/mol. The van der Waals surface area contributed by atoms with Crippen LogP contribution in [0.4, 0.5) is 5.13 Å². The molecule has 0 saturated heterocycles. The Bertz CT molecular complexity index is 468. The maximum absolute atomic E-state index is 6.09. The zero-order chi connectivity index (χ0) is 11.4. The average molecular weight is 253 g/mol. The highest BCUT2D eigenvalue weighted by Crippen LogP contribution is 2.19. The molecule has 0 amide bonds. The Morgan fingerprint density at radius 2 is 2.12 bits per heavy atom. The van der Waals surface area contributed by atoms with Gasteiger partial charge in [-0.05, 0) is 24.5 Å². The van der Waals surface area contributed by atoms with Gasteiger partial charge in [-0.2, -0.15) is 0 Å². The Hall–Kier alpha value is -1.06. The van der Waals surface area contributed by atoms with E-state index in [9.17, 15) is 0 Å². The molecule has 16 heavy (non-hydrogen) atoms. The normalized spacial score (nSPS) is 10.4. The van der Waals surface area contributed by atoms with Gasteiger partial charge < -0.3 is 5.32 Å². The highest BCUT2D eigenvalue weighted by molar-refractivity contribution is 7.13. The van der Waals surface area contributed by atoms with Crippen molar-refractivity contribution in [2.75, 3.05) is 12.4 Å². The number of halogens is 1. The number of hydrogen-bond acceptors (Lipinski definition) is 3. The Labute approximate surface area is 104 Å². The highest BCUT2D eigenvalue weighted by Gasteiger charge is 2.03. The molecule has 2 nitrogen and oxygen atoms in total. The van der Waals surface area contributed by atoms with Crippen molar-refractivity contribution < 1.29 is 0 Å². The second kappa shape index (κ2) is 5.32. The first-order valence-corrected chi connectivity index (χ1v) is 6.41. The molecule has 0 atom stereocenters. The van der Waals surface area contributed by atoms with Gasteiger partial charge in [0.25, 0.3) is 0 Å². The number of nitrogens with one attached hydrogen (secondary N) is 1. The molecule has 0 unspecified atom stereocenters. The lowest BCUT2D eigenvalue weighted by Gasteiger charge is -2.01. The van der Waals surface area contributed by atoms with Gasteiger partial charge in [0.05, 0.1) is 5.69 Å². The van der Waals surface area contributed by atoms with Gasteiger partial charge in [-0.25, -0.2) is 4.98 Å². The summed E-state index contributed by atoms with van der Waals surface area (Å²) >= 11 is 7.73. The molecule has 1 aromatic heterocycles. The van der Waals surface area contributed by atoms with E-state index >= 15 is 0 Å². The summed E-state index contributed by atoms with van der Waals surface area (Å²) in [7, 11) is 1.89. The molecule has 1 aromatic carbocycles. The van der Waals surface area contributed by atoms with Crippen molar-refractivity contribution in [3.8, 4) is 0 Å². The van der Waals surface area contributed by atoms with Crippen molar-refractivity contribution in [1.29, 1.82) is 0 Å². The number of aryl methyl sites for hydroxylation is 2. The lowest BCUT2D eigenvalue weighted by Crippen LogP contribution is -1.93. The zero-order valence-electron chi connectivity index (χ0n) is 9.03. The maximum Gasteiger partial charge on any atom is 0.182 e. The second-order valence-corrected chi connectivity index (χ2v) is 4.75. The zero-order valence-corrected chi connectivity index (χ0v) is 10.6. The molecule has 4 heteroatoms. The van der Waals surface area contributed by atoms with Crippen LogP contribution >= 0.6 is 22.9 Å². The number of benzene rings is 1. The molecule has 0 bridgehead atoms. The summed E-state index contributed by atoms with van der Waals surface area (Å²) in [5, 5.41) is 6.93. The van der Waals surface area contributed by atoms with Crippen molar-refractivity contribution in [3.05, 3.63) is 45.9 Å². The van der Waals surface area contributed by atoms with Gasteiger partial charge in [0.15, 0.2) is 5.13 Å². The van der Waals surface area contributed by atoms with E-state index < -0.39 is 0 Å². The molecule has 1 heterocycles. The van der Waals surface area contributed by atoms with Gasteiger partial charge >= 0.3 is 0 Å². The van der Waals surface area contributed by atoms with Crippen LogP contribution in [0.25, 0.3) is 0 Å². The summed E-state index contributed by atoms with van der Waals surface area (Å²) < 4.78 is 0. The number of rotatable bonds is 4. The predicted molar refractivity (Wildman–Crippen MR) is 70.5 cm³/mol. The van der Waals surface area contributed by atoms with Crippen molar-refractivity contribution in [3.63, 3.8) is 0 Å². The minimum Gasteiger partial charge on any atom is -0.365 e. The van der Waals surface area contributed by atoms with Crippen molar-refractivity contribution in [2.24, 2.45) is 0 Å². The first-order chi connectivity index (χ1) is 7.79. The summed E-state index contributed by atoms with van der Waals surface area (Å²) in [4.78, 5) is 4.44. The van der Waals surface area contributed by atoms with Crippen molar-refractivity contribution in [2.45, 2.75) is 12.8 Å². The smallest absolute Gasteiger partial charge is 0.182 e. The predicted octanol–water partition coefficient (Wildman–Crippen LogP) is 3.62. The quantitative estimate of drug-likeness (QED) is 0.899. The minimum atomic E-state index is 0.839. The number of thiazole rings is 1. The summed E-state index contributed by atoms with van der Waals surface area (Å²) in [6.45, 7) is 0. The van der Waals surface area contributed by atoms with Gasteiger partial charge in [0.2, 0.25) is 0 Å². The third-order valence-corrected chi connectivity index (χ3v) is 3.65. The van der Waals surface area contributed by atoms with Crippen molar-refractivity contribution >= 4 is 28.1 Å². The van der Waals surface area contributed by atoms with Gasteiger partial charge in [0.1, 0.15) is 0 Å². The molecule has 2 aromatic rings. The largest absolute Gasteiger partial charge is 0.365 e. The van der Waals surface area contributed by atoms with Gasteiger partial charge in [-0.1, -0.05) is 29.8 Å². The van der Waals surface area contributed by atoms with Crippen LogP contribution in [0, 0.1) is 0 Å². The van der Waals surface area contributed by atoms with E-state index in [1.807, 2.05) is 25.2 Å². The van der Waals surface area contributed by atoms with Crippen LogP contribution in [0.3, 0.4) is 0 Å². The molecule has 0 fully saturated rings. The number of anilines is 1. The molecule has 0 spiro atoms. The Morgan fingerprint density at radius 1 is 1.31 bits per heavy atom. The third-order valence-electron chi connectivity index (χ3n) is 2.37. The second-order valence-electron chi connectivity index (χ2n) is 3.49. The van der Waals surface area contributed by atoms with E-state index in [0.29, 0.717) is 0 Å². The number of nitrogens with zero attached hydrogens (tertiary/aromatic N) is 1. The molecule has 0 saturated carbocycles. The summed E-state index contributed by atoms with van der Waals surface area (Å²) in [6.07, 6.45) is 1.87. The topological polar surface area (TPSA) is 24.9 Å². The first kappa shape index (κ1) is 11.4. The molecular weight excluding hydrogens is 240 g/mol. The van der Waals surface area contributed by atoms with Crippen LogP contribution in [-0.2, 0) is 12.8 Å². The number of hydrogen-bond donors (Lipinski definition) is 1. The minimum absolute atomic E-state index is 0.839. The fraction of sp³-hybridized carbons (Fsp3) is 0.250. The Kier molecular flexibility index (Phi) is 3.80. The van der Waals surface area contributed by atoms with Crippen LogP contribution < -0.4 is 5.32 Å². The summed E-state index contributed by atoms with van der Waals surface area (Å²) in [5.41, 5.74) is 2.30. The van der Waals surface area contributed by atoms with Gasteiger partial charge in [-0.3, -0.25) is 0 Å². The average Bonchev–Trinajstić information content (AvgIpc) is 2.76. The molecule has 2 rings (SSSR count). The van der Waals surface area contributed by atoms with E-state index in [1.54, 1.807) is 11.3 Å². The SMILES string of the molecule is CNc1nc(CCc2ccccc2Cl)cs1. The van der Waals surface area contributed by atoms with Crippen molar-refractivity contribution in [1.82, 2.24) is 4.98 Å². The Morgan fingerprint density at radius 3 is 2.81 bits per heavy atom. The molecular formula is C12H13ClN2S. The third kappa shape index (κ3) is 2.74. The first-order valence-electron chi connectivity index (χ1n) is 5.15. The van der Waals surface area contributed by atoms with E-state index in [2.05, 4.69) is 21.7 Å². The highest BCUT2D eigenvalue weighted by atomic mass is 35.5. The molecule has 0 radical (unpaired) electrons. The van der Waals surface area contributed by atoms with E-state index in [4.69, 9.17) is 11.6 Å². The lowest BCUT2D eigenvalue weighted by atomic mass is 10.1. The van der Waals surface area contributed by atoms with Gasteiger partial charge in [-0.15, -0.1) is 11.3 Å². The lowest BCUT2D eigenvalue weighted by molar-refractivity contribution is 0.927. The standard InChI is InChI=1S/C12H13ClN2S/c1-14-12-15-10(8-16-12)7-6-9-4-2-3-5-11(9)13/h2-5,8H,6-7H2,1H3,(H,14,15). The fourth-order valence-electron chi connectivity index (χ4n) is 1.50. The summed E-state index contributed by atoms with van der Waals surface area (Å²) in [6, 6.07) is 7.96. The summed E-state index contributed by atoms with van der Waals surface area (Å²) in [5.74, 6) is 0. The van der Waals surface area contributed by atoms with Crippen LogP contribution in [-0.4, -0.2) is 12.0 Å². The molecule has 84 valence electrons.